The standard InChI is InChI=1S/C11H24N2O/c1-5-6-7-9(2)13-8-11(3,4)10(12)14/h9,13H,5-8H2,1-4H3,(H2,12,14). The molecule has 1 amide bonds. The average molecular weight is 200 g/mol. The number of nitrogens with two attached hydrogens (primary N) is 1. The van der Waals surface area contributed by atoms with E-state index < -0.39 is 5.41 Å². The molecule has 0 bridgehead atoms. The van der Waals surface area contributed by atoms with Crippen molar-refractivity contribution in [3.05, 3.63) is 0 Å². The fourth-order valence-corrected chi connectivity index (χ4v) is 1.13. The van der Waals surface area contributed by atoms with Gasteiger partial charge in [-0.05, 0) is 27.2 Å². The normalized spacial score (nSPS) is 14.0. The first-order valence-corrected chi connectivity index (χ1v) is 5.43. The summed E-state index contributed by atoms with van der Waals surface area (Å²) in [5.41, 5.74) is 4.83. The number of hydrogen-bond donors (Lipinski definition) is 2. The maximum atomic E-state index is 11.0. The van der Waals surface area contributed by atoms with Crippen LogP contribution in [0.2, 0.25) is 0 Å². The number of carbonyl (C=O) groups excluding carboxylic acids is 1. The van der Waals surface area contributed by atoms with Gasteiger partial charge in [0.05, 0.1) is 5.41 Å². The highest BCUT2D eigenvalue weighted by atomic mass is 16.1. The summed E-state index contributed by atoms with van der Waals surface area (Å²) >= 11 is 0. The third-order valence-electron chi connectivity index (χ3n) is 2.55. The van der Waals surface area contributed by atoms with Crippen LogP contribution in [0, 0.1) is 5.41 Å². The van der Waals surface area contributed by atoms with E-state index in [4.69, 9.17) is 5.73 Å². The van der Waals surface area contributed by atoms with E-state index in [1.54, 1.807) is 0 Å². The van der Waals surface area contributed by atoms with Crippen LogP contribution < -0.4 is 11.1 Å². The van der Waals surface area contributed by atoms with Crippen LogP contribution in [-0.2, 0) is 4.79 Å². The van der Waals surface area contributed by atoms with E-state index in [2.05, 4.69) is 19.2 Å². The minimum Gasteiger partial charge on any atom is -0.369 e. The molecule has 3 N–H and O–H groups in total. The minimum atomic E-state index is -0.444. The first kappa shape index (κ1) is 13.4. The zero-order chi connectivity index (χ0) is 11.2. The van der Waals surface area contributed by atoms with Gasteiger partial charge in [-0.3, -0.25) is 4.79 Å². The summed E-state index contributed by atoms with van der Waals surface area (Å²) in [6.45, 7) is 8.73. The Balaban J connectivity index is 3.75. The van der Waals surface area contributed by atoms with Crippen LogP contribution in [0.25, 0.3) is 0 Å². The summed E-state index contributed by atoms with van der Waals surface area (Å²) in [6, 6.07) is 0.466. The molecule has 0 heterocycles. The molecule has 0 aliphatic rings. The number of carbonyl (C=O) groups is 1. The van der Waals surface area contributed by atoms with Gasteiger partial charge in [0.15, 0.2) is 0 Å². The van der Waals surface area contributed by atoms with Crippen LogP contribution in [-0.4, -0.2) is 18.5 Å². The number of nitrogens with one attached hydrogen (secondary N) is 1. The van der Waals surface area contributed by atoms with Gasteiger partial charge < -0.3 is 11.1 Å². The summed E-state index contributed by atoms with van der Waals surface area (Å²) in [6.07, 6.45) is 3.60. The van der Waals surface area contributed by atoms with Gasteiger partial charge >= 0.3 is 0 Å². The van der Waals surface area contributed by atoms with E-state index in [-0.39, 0.29) is 5.91 Å². The van der Waals surface area contributed by atoms with Crippen LogP contribution in [0.1, 0.15) is 47.0 Å². The largest absolute Gasteiger partial charge is 0.369 e. The Morgan fingerprint density at radius 2 is 2.07 bits per heavy atom. The highest BCUT2D eigenvalue weighted by Crippen LogP contribution is 2.12. The molecular formula is C11H24N2O. The molecule has 0 rings (SSSR count). The lowest BCUT2D eigenvalue weighted by atomic mass is 9.92. The Morgan fingerprint density at radius 1 is 1.50 bits per heavy atom. The number of amides is 1. The van der Waals surface area contributed by atoms with Crippen LogP contribution in [0.4, 0.5) is 0 Å². The highest BCUT2D eigenvalue weighted by molar-refractivity contribution is 5.80. The lowest BCUT2D eigenvalue weighted by molar-refractivity contribution is -0.125. The Kier molecular flexibility index (Phi) is 5.77. The molecule has 1 atom stereocenters. The van der Waals surface area contributed by atoms with Crippen LogP contribution in [0.3, 0.4) is 0 Å². The van der Waals surface area contributed by atoms with Crippen LogP contribution in [0.15, 0.2) is 0 Å². The smallest absolute Gasteiger partial charge is 0.224 e. The van der Waals surface area contributed by atoms with Crippen LogP contribution >= 0.6 is 0 Å². The predicted octanol–water partition coefficient (Wildman–Crippen LogP) is 1.67. The monoisotopic (exact) mass is 200 g/mol. The van der Waals surface area contributed by atoms with Gasteiger partial charge in [-0.25, -0.2) is 0 Å². The summed E-state index contributed by atoms with van der Waals surface area (Å²) in [4.78, 5) is 11.0. The molecule has 3 heteroatoms. The van der Waals surface area contributed by atoms with Gasteiger partial charge in [-0.2, -0.15) is 0 Å². The second-order valence-corrected chi connectivity index (χ2v) is 4.67. The van der Waals surface area contributed by atoms with Gasteiger partial charge in [0.25, 0.3) is 0 Å². The van der Waals surface area contributed by atoms with Gasteiger partial charge in [-0.1, -0.05) is 19.8 Å². The Morgan fingerprint density at radius 3 is 2.50 bits per heavy atom. The molecule has 14 heavy (non-hydrogen) atoms. The van der Waals surface area contributed by atoms with Gasteiger partial charge in [0.1, 0.15) is 0 Å². The van der Waals surface area contributed by atoms with Gasteiger partial charge in [-0.15, -0.1) is 0 Å². The van der Waals surface area contributed by atoms with Gasteiger partial charge in [0.2, 0.25) is 5.91 Å². The minimum absolute atomic E-state index is 0.243. The maximum Gasteiger partial charge on any atom is 0.224 e. The van der Waals surface area contributed by atoms with Crippen molar-refractivity contribution in [1.29, 1.82) is 0 Å². The zero-order valence-electron chi connectivity index (χ0n) is 9.89. The second kappa shape index (κ2) is 6.02. The Bertz CT molecular complexity index is 178. The zero-order valence-corrected chi connectivity index (χ0v) is 9.89. The molecule has 0 radical (unpaired) electrons. The fourth-order valence-electron chi connectivity index (χ4n) is 1.13. The van der Waals surface area contributed by atoms with Crippen molar-refractivity contribution in [2.75, 3.05) is 6.54 Å². The number of hydrogen-bond acceptors (Lipinski definition) is 2. The number of primary amides is 1. The molecular weight excluding hydrogens is 176 g/mol. The molecule has 0 spiro atoms. The van der Waals surface area contributed by atoms with E-state index in [1.165, 1.54) is 12.8 Å². The van der Waals surface area contributed by atoms with E-state index in [1.807, 2.05) is 13.8 Å². The first-order chi connectivity index (χ1) is 6.40. The van der Waals surface area contributed by atoms with Crippen molar-refractivity contribution < 1.29 is 4.79 Å². The van der Waals surface area contributed by atoms with Gasteiger partial charge in [0, 0.05) is 12.6 Å². The molecule has 0 aromatic carbocycles. The number of unbranched alkanes of at least 4 members (excludes halogenated alkanes) is 1. The summed E-state index contributed by atoms with van der Waals surface area (Å²) in [7, 11) is 0. The molecule has 84 valence electrons. The fraction of sp³-hybridized carbons (Fsp3) is 0.909. The maximum absolute atomic E-state index is 11.0. The molecule has 0 aromatic heterocycles. The van der Waals surface area contributed by atoms with E-state index >= 15 is 0 Å². The summed E-state index contributed by atoms with van der Waals surface area (Å²) in [5, 5.41) is 3.34. The third kappa shape index (κ3) is 5.22. The van der Waals surface area contributed by atoms with Crippen molar-refractivity contribution in [3.8, 4) is 0 Å². The van der Waals surface area contributed by atoms with Crippen molar-refractivity contribution in [2.24, 2.45) is 11.1 Å². The van der Waals surface area contributed by atoms with Crippen LogP contribution in [0.5, 0.6) is 0 Å². The van der Waals surface area contributed by atoms with Crippen molar-refractivity contribution in [3.63, 3.8) is 0 Å². The van der Waals surface area contributed by atoms with Crippen molar-refractivity contribution in [1.82, 2.24) is 5.32 Å². The van der Waals surface area contributed by atoms with E-state index in [0.717, 1.165) is 6.42 Å². The SMILES string of the molecule is CCCCC(C)NCC(C)(C)C(N)=O. The molecule has 0 aliphatic carbocycles. The Labute approximate surface area is 87.4 Å². The average Bonchev–Trinajstić information content (AvgIpc) is 2.11. The highest BCUT2D eigenvalue weighted by Gasteiger charge is 2.24. The van der Waals surface area contributed by atoms with Crippen molar-refractivity contribution in [2.45, 2.75) is 53.0 Å². The summed E-state index contributed by atoms with van der Waals surface area (Å²) in [5.74, 6) is -0.243. The predicted molar refractivity (Wildman–Crippen MR) is 60.0 cm³/mol. The third-order valence-corrected chi connectivity index (χ3v) is 2.55. The molecule has 0 aliphatic heterocycles. The molecule has 0 saturated carbocycles. The summed E-state index contributed by atoms with van der Waals surface area (Å²) < 4.78 is 0. The lowest BCUT2D eigenvalue weighted by Gasteiger charge is -2.23. The Hall–Kier alpha value is -0.570. The molecule has 0 fully saturated rings. The molecule has 1 unspecified atom stereocenters. The van der Waals surface area contributed by atoms with E-state index in [9.17, 15) is 4.79 Å². The van der Waals surface area contributed by atoms with E-state index in [0.29, 0.717) is 12.6 Å². The topological polar surface area (TPSA) is 55.1 Å². The van der Waals surface area contributed by atoms with Crippen molar-refractivity contribution >= 4 is 5.91 Å². The lowest BCUT2D eigenvalue weighted by Crippen LogP contribution is -2.43. The molecule has 3 nitrogen and oxygen atoms in total. The molecule has 0 saturated heterocycles. The first-order valence-electron chi connectivity index (χ1n) is 5.43. The number of rotatable bonds is 7. The second-order valence-electron chi connectivity index (χ2n) is 4.67. The quantitative estimate of drug-likeness (QED) is 0.657. The molecule has 0 aromatic rings.